The lowest BCUT2D eigenvalue weighted by molar-refractivity contribution is -0.208. The molecule has 0 spiro atoms. The largest absolute Gasteiger partial charge is 0.464 e. The number of hydrogen-bond acceptors (Lipinski definition) is 3. The summed E-state index contributed by atoms with van der Waals surface area (Å²) >= 11 is 5.80. The van der Waals surface area contributed by atoms with Gasteiger partial charge in [0, 0.05) is 27.7 Å². The summed E-state index contributed by atoms with van der Waals surface area (Å²) in [5.41, 5.74) is 2.13. The molecule has 1 heterocycles. The molecule has 2 rings (SSSR count). The Balaban J connectivity index is 2.70. The Morgan fingerprint density at radius 2 is 2.10 bits per heavy atom. The van der Waals surface area contributed by atoms with E-state index in [1.165, 1.54) is 25.1 Å². The number of carbonyl (C=O) groups is 1. The fourth-order valence-corrected chi connectivity index (χ4v) is 2.21. The number of aromatic amines is 1. The Hall–Kier alpha value is -1.73. The van der Waals surface area contributed by atoms with Gasteiger partial charge in [0.15, 0.2) is 0 Å². The van der Waals surface area contributed by atoms with E-state index in [1.807, 2.05) is 0 Å². The van der Waals surface area contributed by atoms with Crippen LogP contribution in [-0.4, -0.2) is 23.7 Å². The number of hydrogen-bond donors (Lipinski definition) is 2. The van der Waals surface area contributed by atoms with Gasteiger partial charge in [0.2, 0.25) is 5.54 Å². The van der Waals surface area contributed by atoms with Gasteiger partial charge in [0.1, 0.15) is 0 Å². The second-order valence-corrected chi connectivity index (χ2v) is 4.85. The van der Waals surface area contributed by atoms with Gasteiger partial charge in [0.05, 0.1) is 6.61 Å². The number of rotatable bonds is 3. The lowest BCUT2D eigenvalue weighted by Gasteiger charge is -2.29. The molecular weight excluding hydrogens is 309 g/mol. The van der Waals surface area contributed by atoms with Crippen molar-refractivity contribution in [3.05, 3.63) is 35.0 Å². The molecule has 1 atom stereocenters. The fourth-order valence-electron chi connectivity index (χ4n) is 2.04. The quantitative estimate of drug-likeness (QED) is 0.854. The predicted molar refractivity (Wildman–Crippen MR) is 71.9 cm³/mol. The normalized spacial score (nSPS) is 15.0. The highest BCUT2D eigenvalue weighted by atomic mass is 35.5. The molecular formula is C13H12ClF3N2O2. The summed E-state index contributed by atoms with van der Waals surface area (Å²) in [6.45, 7) is 1.19. The first-order chi connectivity index (χ1) is 9.71. The van der Waals surface area contributed by atoms with Crippen molar-refractivity contribution in [1.82, 2.24) is 4.98 Å². The molecule has 4 nitrogen and oxygen atoms in total. The number of nitrogens with two attached hydrogens (primary N) is 1. The summed E-state index contributed by atoms with van der Waals surface area (Å²) in [4.78, 5) is 14.5. The number of halogens is 4. The van der Waals surface area contributed by atoms with Crippen molar-refractivity contribution in [2.24, 2.45) is 5.73 Å². The average molecular weight is 321 g/mol. The first-order valence-electron chi connectivity index (χ1n) is 6.01. The molecule has 21 heavy (non-hydrogen) atoms. The molecule has 0 aliphatic rings. The highest BCUT2D eigenvalue weighted by molar-refractivity contribution is 6.31. The standard InChI is InChI=1S/C13H12ClF3N2O2/c1-2-21-11(20)12(18,13(15,16)17)9-6-19-10-4-3-7(14)5-8(9)10/h3-6,19H,2,18H2,1H3. The number of nitrogens with one attached hydrogen (secondary N) is 1. The Bertz CT molecular complexity index is 684. The number of aromatic nitrogens is 1. The Labute approximate surface area is 123 Å². The van der Waals surface area contributed by atoms with Crippen LogP contribution in [-0.2, 0) is 15.1 Å². The van der Waals surface area contributed by atoms with Crippen molar-refractivity contribution in [3.63, 3.8) is 0 Å². The summed E-state index contributed by atoms with van der Waals surface area (Å²) in [7, 11) is 0. The van der Waals surface area contributed by atoms with Crippen molar-refractivity contribution >= 4 is 28.5 Å². The molecule has 0 aliphatic carbocycles. The molecule has 114 valence electrons. The molecule has 0 fully saturated rings. The summed E-state index contributed by atoms with van der Waals surface area (Å²) in [6, 6.07) is 4.33. The molecule has 0 aliphatic heterocycles. The third kappa shape index (κ3) is 2.47. The molecule has 2 aromatic rings. The summed E-state index contributed by atoms with van der Waals surface area (Å²) in [6.07, 6.45) is -3.97. The van der Waals surface area contributed by atoms with E-state index in [0.29, 0.717) is 5.52 Å². The summed E-state index contributed by atoms with van der Waals surface area (Å²) in [5, 5.41) is 0.354. The van der Waals surface area contributed by atoms with Crippen LogP contribution in [0.3, 0.4) is 0 Å². The van der Waals surface area contributed by atoms with E-state index in [2.05, 4.69) is 9.72 Å². The van der Waals surface area contributed by atoms with Gasteiger partial charge < -0.3 is 15.5 Å². The Morgan fingerprint density at radius 3 is 2.67 bits per heavy atom. The van der Waals surface area contributed by atoms with Gasteiger partial charge >= 0.3 is 12.1 Å². The second-order valence-electron chi connectivity index (χ2n) is 4.42. The van der Waals surface area contributed by atoms with Gasteiger partial charge in [-0.3, -0.25) is 0 Å². The topological polar surface area (TPSA) is 68.1 Å². The molecule has 1 aromatic carbocycles. The molecule has 0 amide bonds. The van der Waals surface area contributed by atoms with Crippen LogP contribution in [0.25, 0.3) is 10.9 Å². The van der Waals surface area contributed by atoms with Gasteiger partial charge in [-0.05, 0) is 25.1 Å². The molecule has 0 bridgehead atoms. The van der Waals surface area contributed by atoms with Crippen LogP contribution in [0.15, 0.2) is 24.4 Å². The first-order valence-corrected chi connectivity index (χ1v) is 6.39. The van der Waals surface area contributed by atoms with Gasteiger partial charge in [-0.1, -0.05) is 11.6 Å². The minimum absolute atomic E-state index is 0.121. The molecule has 3 N–H and O–H groups in total. The van der Waals surface area contributed by atoms with Crippen LogP contribution >= 0.6 is 11.6 Å². The van der Waals surface area contributed by atoms with E-state index in [9.17, 15) is 18.0 Å². The maximum atomic E-state index is 13.4. The Kier molecular flexibility index (Phi) is 3.90. The van der Waals surface area contributed by atoms with Crippen molar-refractivity contribution in [2.75, 3.05) is 6.61 Å². The maximum absolute atomic E-state index is 13.4. The van der Waals surface area contributed by atoms with E-state index in [0.717, 1.165) is 6.20 Å². The van der Waals surface area contributed by atoms with Gasteiger partial charge in [-0.15, -0.1) is 0 Å². The zero-order valence-corrected chi connectivity index (χ0v) is 11.7. The highest BCUT2D eigenvalue weighted by Crippen LogP contribution is 2.41. The summed E-state index contributed by atoms with van der Waals surface area (Å²) in [5.74, 6) is -1.56. The number of carbonyl (C=O) groups excluding carboxylic acids is 1. The molecule has 0 saturated carbocycles. The van der Waals surface area contributed by atoms with Crippen LogP contribution in [0.4, 0.5) is 13.2 Å². The van der Waals surface area contributed by atoms with Crippen LogP contribution < -0.4 is 5.73 Å². The van der Waals surface area contributed by atoms with Gasteiger partial charge in [0.25, 0.3) is 0 Å². The van der Waals surface area contributed by atoms with Crippen LogP contribution in [0.5, 0.6) is 0 Å². The van der Waals surface area contributed by atoms with Crippen LogP contribution in [0, 0.1) is 0 Å². The van der Waals surface area contributed by atoms with E-state index >= 15 is 0 Å². The maximum Gasteiger partial charge on any atom is 0.421 e. The number of H-pyrrole nitrogens is 1. The fraction of sp³-hybridized carbons (Fsp3) is 0.308. The van der Waals surface area contributed by atoms with Crippen LogP contribution in [0.2, 0.25) is 5.02 Å². The minimum atomic E-state index is -5.02. The number of benzene rings is 1. The number of ether oxygens (including phenoxy) is 1. The number of esters is 1. The number of fused-ring (bicyclic) bond motifs is 1. The molecule has 1 unspecified atom stereocenters. The number of alkyl halides is 3. The van der Waals surface area contributed by atoms with Gasteiger partial charge in [-0.25, -0.2) is 4.79 Å². The van der Waals surface area contributed by atoms with Crippen molar-refractivity contribution in [2.45, 2.75) is 18.6 Å². The predicted octanol–water partition coefficient (Wildman–Crippen LogP) is 3.10. The van der Waals surface area contributed by atoms with E-state index in [4.69, 9.17) is 17.3 Å². The zero-order valence-electron chi connectivity index (χ0n) is 10.9. The third-order valence-electron chi connectivity index (χ3n) is 3.11. The van der Waals surface area contributed by atoms with Crippen molar-refractivity contribution in [1.29, 1.82) is 0 Å². The van der Waals surface area contributed by atoms with E-state index < -0.39 is 23.2 Å². The lowest BCUT2D eigenvalue weighted by Crippen LogP contribution is -2.57. The van der Waals surface area contributed by atoms with Crippen LogP contribution in [0.1, 0.15) is 12.5 Å². The van der Waals surface area contributed by atoms with Crippen molar-refractivity contribution in [3.8, 4) is 0 Å². The average Bonchev–Trinajstić information content (AvgIpc) is 2.79. The molecule has 1 aromatic heterocycles. The second kappa shape index (κ2) is 5.23. The summed E-state index contributed by atoms with van der Waals surface area (Å²) < 4.78 is 44.7. The van der Waals surface area contributed by atoms with E-state index in [-0.39, 0.29) is 17.0 Å². The molecule has 0 saturated heterocycles. The third-order valence-corrected chi connectivity index (χ3v) is 3.35. The zero-order chi connectivity index (χ0) is 15.8. The van der Waals surface area contributed by atoms with Gasteiger partial charge in [-0.2, -0.15) is 13.2 Å². The monoisotopic (exact) mass is 320 g/mol. The molecule has 0 radical (unpaired) electrons. The smallest absolute Gasteiger partial charge is 0.421 e. The van der Waals surface area contributed by atoms with E-state index in [1.54, 1.807) is 0 Å². The minimum Gasteiger partial charge on any atom is -0.464 e. The lowest BCUT2D eigenvalue weighted by atomic mass is 9.90. The molecule has 8 heteroatoms. The Morgan fingerprint density at radius 1 is 1.43 bits per heavy atom. The first kappa shape index (κ1) is 15.7. The highest BCUT2D eigenvalue weighted by Gasteiger charge is 2.61. The SMILES string of the molecule is CCOC(=O)C(N)(c1c[nH]c2ccc(Cl)cc12)C(F)(F)F. The van der Waals surface area contributed by atoms with Crippen molar-refractivity contribution < 1.29 is 22.7 Å².